The summed E-state index contributed by atoms with van der Waals surface area (Å²) in [6, 6.07) is 4.62. The average molecular weight is 300 g/mol. The van der Waals surface area contributed by atoms with Crippen LogP contribution >= 0.6 is 0 Å². The largest absolute Gasteiger partial charge is 0.493 e. The van der Waals surface area contributed by atoms with Gasteiger partial charge in [0.2, 0.25) is 0 Å². The number of aliphatic hydroxyl groups is 1. The minimum atomic E-state index is -3.28. The molecule has 1 aromatic rings. The number of Topliss-reactive ketones (excluding diaryl/α,β-unsaturated/α-hetero) is 1. The fourth-order valence-corrected chi connectivity index (χ4v) is 3.72. The second-order valence-electron chi connectivity index (χ2n) is 4.72. The summed E-state index contributed by atoms with van der Waals surface area (Å²) in [4.78, 5) is 11.3. The lowest BCUT2D eigenvalue weighted by Crippen LogP contribution is -2.29. The summed E-state index contributed by atoms with van der Waals surface area (Å²) in [6.45, 7) is 1.43. The van der Waals surface area contributed by atoms with E-state index in [4.69, 9.17) is 9.47 Å². The normalized spacial score (nSPS) is 24.4. The Morgan fingerprint density at radius 2 is 2.00 bits per heavy atom. The van der Waals surface area contributed by atoms with Crippen LogP contribution in [0.3, 0.4) is 0 Å². The molecular weight excluding hydrogens is 284 g/mol. The quantitative estimate of drug-likeness (QED) is 0.811. The molecule has 0 aliphatic carbocycles. The molecule has 1 aromatic carbocycles. The molecule has 1 aliphatic heterocycles. The molecule has 7 heteroatoms. The van der Waals surface area contributed by atoms with E-state index in [-0.39, 0.29) is 17.3 Å². The monoisotopic (exact) mass is 300 g/mol. The van der Waals surface area contributed by atoms with Crippen molar-refractivity contribution in [1.29, 1.82) is 0 Å². The highest BCUT2D eigenvalue weighted by Gasteiger charge is 2.38. The van der Waals surface area contributed by atoms with Gasteiger partial charge in [-0.1, -0.05) is 0 Å². The molecule has 0 saturated carbocycles. The molecule has 0 spiro atoms. The number of benzene rings is 1. The summed E-state index contributed by atoms with van der Waals surface area (Å²) in [7, 11) is -1.85. The van der Waals surface area contributed by atoms with Gasteiger partial charge >= 0.3 is 0 Å². The number of sulfone groups is 1. The van der Waals surface area contributed by atoms with Crippen LogP contribution in [-0.4, -0.2) is 50.1 Å². The highest BCUT2D eigenvalue weighted by atomic mass is 32.2. The Kier molecular flexibility index (Phi) is 4.01. The maximum absolute atomic E-state index is 11.4. The highest BCUT2D eigenvalue weighted by molar-refractivity contribution is 7.91. The SMILES string of the molecule is COc1cc(C(C)=O)ccc1OC1CS(=O)(=O)CC1O. The molecule has 110 valence electrons. The number of methoxy groups -OCH3 is 1. The van der Waals surface area contributed by atoms with Gasteiger partial charge in [-0.25, -0.2) is 8.42 Å². The van der Waals surface area contributed by atoms with Crippen molar-refractivity contribution in [2.24, 2.45) is 0 Å². The molecule has 2 atom stereocenters. The molecule has 1 fully saturated rings. The summed E-state index contributed by atoms with van der Waals surface area (Å²) in [6.07, 6.45) is -1.88. The summed E-state index contributed by atoms with van der Waals surface area (Å²) < 4.78 is 33.5. The smallest absolute Gasteiger partial charge is 0.161 e. The van der Waals surface area contributed by atoms with E-state index < -0.39 is 22.0 Å². The number of carbonyl (C=O) groups excluding carboxylic acids is 1. The third-order valence-electron chi connectivity index (χ3n) is 3.12. The summed E-state index contributed by atoms with van der Waals surface area (Å²) in [5.41, 5.74) is 0.466. The first-order valence-electron chi connectivity index (χ1n) is 6.06. The molecule has 1 aliphatic rings. The third kappa shape index (κ3) is 3.10. The van der Waals surface area contributed by atoms with Crippen molar-refractivity contribution in [3.63, 3.8) is 0 Å². The van der Waals surface area contributed by atoms with Gasteiger partial charge in [-0.15, -0.1) is 0 Å². The number of carbonyl (C=O) groups is 1. The number of hydrogen-bond donors (Lipinski definition) is 1. The van der Waals surface area contributed by atoms with E-state index in [1.54, 1.807) is 6.07 Å². The average Bonchev–Trinajstić information content (AvgIpc) is 2.62. The van der Waals surface area contributed by atoms with E-state index in [1.807, 2.05) is 0 Å². The zero-order valence-corrected chi connectivity index (χ0v) is 12.0. The van der Waals surface area contributed by atoms with E-state index in [1.165, 1.54) is 26.2 Å². The molecule has 6 nitrogen and oxygen atoms in total. The molecular formula is C13H16O6S. The van der Waals surface area contributed by atoms with E-state index in [0.29, 0.717) is 17.1 Å². The summed E-state index contributed by atoms with van der Waals surface area (Å²) in [5.74, 6) is -0.0109. The third-order valence-corrected chi connectivity index (χ3v) is 4.81. The van der Waals surface area contributed by atoms with Gasteiger partial charge in [-0.05, 0) is 25.1 Å². The zero-order chi connectivity index (χ0) is 14.9. The topological polar surface area (TPSA) is 89.9 Å². The van der Waals surface area contributed by atoms with Crippen molar-refractivity contribution in [2.45, 2.75) is 19.1 Å². The number of rotatable bonds is 4. The fourth-order valence-electron chi connectivity index (χ4n) is 2.06. The number of aliphatic hydroxyl groups excluding tert-OH is 1. The molecule has 0 bridgehead atoms. The molecule has 0 aromatic heterocycles. The van der Waals surface area contributed by atoms with Crippen LogP contribution in [0, 0.1) is 0 Å². The van der Waals surface area contributed by atoms with E-state index in [2.05, 4.69) is 0 Å². The van der Waals surface area contributed by atoms with Gasteiger partial charge < -0.3 is 14.6 Å². The summed E-state index contributed by atoms with van der Waals surface area (Å²) >= 11 is 0. The number of ketones is 1. The molecule has 20 heavy (non-hydrogen) atoms. The maximum atomic E-state index is 11.4. The summed E-state index contributed by atoms with van der Waals surface area (Å²) in [5, 5.41) is 9.69. The van der Waals surface area contributed by atoms with Crippen LogP contribution in [-0.2, 0) is 9.84 Å². The second-order valence-corrected chi connectivity index (χ2v) is 6.88. The highest BCUT2D eigenvalue weighted by Crippen LogP contribution is 2.31. The number of hydrogen-bond acceptors (Lipinski definition) is 6. The second kappa shape index (κ2) is 5.41. The standard InChI is InChI=1S/C13H16O6S/c1-8(14)9-3-4-11(12(5-9)18-2)19-13-7-20(16,17)6-10(13)15/h3-5,10,13,15H,6-7H2,1-2H3. The van der Waals surface area contributed by atoms with E-state index in [0.717, 1.165) is 0 Å². The lowest BCUT2D eigenvalue weighted by atomic mass is 10.1. The molecule has 1 saturated heterocycles. The Labute approximate surface area is 117 Å². The van der Waals surface area contributed by atoms with E-state index in [9.17, 15) is 18.3 Å². The lowest BCUT2D eigenvalue weighted by molar-refractivity contribution is 0.0718. The number of ether oxygens (including phenoxy) is 2. The first-order valence-corrected chi connectivity index (χ1v) is 7.88. The first kappa shape index (κ1) is 14.8. The Hall–Kier alpha value is -1.60. The minimum absolute atomic E-state index is 0.113. The van der Waals surface area contributed by atoms with Crippen molar-refractivity contribution >= 4 is 15.6 Å². The van der Waals surface area contributed by atoms with Crippen LogP contribution in [0.5, 0.6) is 11.5 Å². The van der Waals surface area contributed by atoms with Crippen molar-refractivity contribution in [3.8, 4) is 11.5 Å². The van der Waals surface area contributed by atoms with Gasteiger partial charge in [0, 0.05) is 5.56 Å². The first-order chi connectivity index (χ1) is 9.32. The molecule has 2 unspecified atom stereocenters. The fraction of sp³-hybridized carbons (Fsp3) is 0.462. The Bertz CT molecular complexity index is 622. The van der Waals surface area contributed by atoms with Crippen molar-refractivity contribution in [3.05, 3.63) is 23.8 Å². The van der Waals surface area contributed by atoms with Gasteiger partial charge in [0.1, 0.15) is 12.2 Å². The Balaban J connectivity index is 2.24. The van der Waals surface area contributed by atoms with Crippen LogP contribution in [0.25, 0.3) is 0 Å². The Morgan fingerprint density at radius 3 is 2.50 bits per heavy atom. The Morgan fingerprint density at radius 1 is 1.30 bits per heavy atom. The van der Waals surface area contributed by atoms with Crippen molar-refractivity contribution in [1.82, 2.24) is 0 Å². The van der Waals surface area contributed by atoms with Crippen molar-refractivity contribution in [2.75, 3.05) is 18.6 Å². The van der Waals surface area contributed by atoms with Crippen LogP contribution in [0.2, 0.25) is 0 Å². The van der Waals surface area contributed by atoms with E-state index >= 15 is 0 Å². The molecule has 2 rings (SSSR count). The van der Waals surface area contributed by atoms with Gasteiger partial charge in [0.15, 0.2) is 27.1 Å². The van der Waals surface area contributed by atoms with Gasteiger partial charge in [0.25, 0.3) is 0 Å². The predicted octanol–water partition coefficient (Wildman–Crippen LogP) is 0.434. The van der Waals surface area contributed by atoms with Gasteiger partial charge in [0.05, 0.1) is 18.6 Å². The minimum Gasteiger partial charge on any atom is -0.493 e. The van der Waals surface area contributed by atoms with Gasteiger partial charge in [-0.2, -0.15) is 0 Å². The maximum Gasteiger partial charge on any atom is 0.161 e. The molecule has 0 radical (unpaired) electrons. The zero-order valence-electron chi connectivity index (χ0n) is 11.2. The lowest BCUT2D eigenvalue weighted by Gasteiger charge is -2.18. The molecule has 0 amide bonds. The van der Waals surface area contributed by atoms with Crippen molar-refractivity contribution < 1.29 is 27.8 Å². The van der Waals surface area contributed by atoms with Crippen LogP contribution in [0.15, 0.2) is 18.2 Å². The molecule has 1 heterocycles. The van der Waals surface area contributed by atoms with Gasteiger partial charge in [-0.3, -0.25) is 4.79 Å². The predicted molar refractivity (Wildman–Crippen MR) is 72.1 cm³/mol. The van der Waals surface area contributed by atoms with Crippen LogP contribution in [0.1, 0.15) is 17.3 Å². The van der Waals surface area contributed by atoms with Crippen LogP contribution in [0.4, 0.5) is 0 Å². The molecule has 1 N–H and O–H groups in total. The van der Waals surface area contributed by atoms with Crippen LogP contribution < -0.4 is 9.47 Å².